The zero-order valence-electron chi connectivity index (χ0n) is 8.44. The zero-order chi connectivity index (χ0) is 10.7. The SMILES string of the molecule is CCc1ccc(-c2cncc(Cl)n2)cc1. The fourth-order valence-electron chi connectivity index (χ4n) is 1.39. The van der Waals surface area contributed by atoms with Gasteiger partial charge >= 0.3 is 0 Å². The Balaban J connectivity index is 2.37. The van der Waals surface area contributed by atoms with Crippen LogP contribution in [-0.2, 0) is 6.42 Å². The van der Waals surface area contributed by atoms with Crippen LogP contribution in [0, 0.1) is 0 Å². The standard InChI is InChI=1S/C12H11ClN2/c1-2-9-3-5-10(6-4-9)11-7-14-8-12(13)15-11/h3-8H,2H2,1H3. The number of halogens is 1. The van der Waals surface area contributed by atoms with Crippen molar-refractivity contribution in [2.75, 3.05) is 0 Å². The third-order valence-electron chi connectivity index (χ3n) is 2.26. The first kappa shape index (κ1) is 10.1. The normalized spacial score (nSPS) is 10.3. The molecule has 1 heterocycles. The lowest BCUT2D eigenvalue weighted by atomic mass is 10.1. The van der Waals surface area contributed by atoms with Crippen molar-refractivity contribution in [3.8, 4) is 11.3 Å². The lowest BCUT2D eigenvalue weighted by Crippen LogP contribution is -1.86. The molecule has 2 aromatic rings. The van der Waals surface area contributed by atoms with E-state index in [2.05, 4.69) is 29.0 Å². The van der Waals surface area contributed by atoms with E-state index in [9.17, 15) is 0 Å². The topological polar surface area (TPSA) is 25.8 Å². The Kier molecular flexibility index (Phi) is 2.97. The molecule has 0 saturated heterocycles. The van der Waals surface area contributed by atoms with E-state index in [1.807, 2.05) is 12.1 Å². The molecule has 0 unspecified atom stereocenters. The quantitative estimate of drug-likeness (QED) is 0.773. The molecule has 0 atom stereocenters. The van der Waals surface area contributed by atoms with Crippen molar-refractivity contribution < 1.29 is 0 Å². The highest BCUT2D eigenvalue weighted by Crippen LogP contribution is 2.18. The average molecular weight is 219 g/mol. The molecule has 1 aromatic heterocycles. The van der Waals surface area contributed by atoms with Crippen molar-refractivity contribution in [3.05, 3.63) is 47.4 Å². The van der Waals surface area contributed by atoms with Crippen LogP contribution in [0.3, 0.4) is 0 Å². The van der Waals surface area contributed by atoms with Crippen LogP contribution in [0.15, 0.2) is 36.7 Å². The van der Waals surface area contributed by atoms with Gasteiger partial charge in [0.05, 0.1) is 18.1 Å². The number of hydrogen-bond acceptors (Lipinski definition) is 2. The second kappa shape index (κ2) is 4.41. The summed E-state index contributed by atoms with van der Waals surface area (Å²) in [5.41, 5.74) is 3.17. The number of benzene rings is 1. The summed E-state index contributed by atoms with van der Waals surface area (Å²) < 4.78 is 0. The molecule has 15 heavy (non-hydrogen) atoms. The molecule has 0 aliphatic rings. The van der Waals surface area contributed by atoms with E-state index in [0.717, 1.165) is 17.7 Å². The Morgan fingerprint density at radius 3 is 2.47 bits per heavy atom. The zero-order valence-corrected chi connectivity index (χ0v) is 9.20. The molecular weight excluding hydrogens is 208 g/mol. The summed E-state index contributed by atoms with van der Waals surface area (Å²) in [5, 5.41) is 0.423. The first-order chi connectivity index (χ1) is 7.29. The highest BCUT2D eigenvalue weighted by Gasteiger charge is 2.00. The summed E-state index contributed by atoms with van der Waals surface area (Å²) in [5.74, 6) is 0. The smallest absolute Gasteiger partial charge is 0.148 e. The molecule has 2 rings (SSSR count). The predicted octanol–water partition coefficient (Wildman–Crippen LogP) is 3.36. The minimum Gasteiger partial charge on any atom is -0.259 e. The van der Waals surface area contributed by atoms with E-state index < -0.39 is 0 Å². The molecule has 3 heteroatoms. The van der Waals surface area contributed by atoms with Gasteiger partial charge in [-0.25, -0.2) is 4.98 Å². The van der Waals surface area contributed by atoms with Crippen LogP contribution in [0.4, 0.5) is 0 Å². The fraction of sp³-hybridized carbons (Fsp3) is 0.167. The maximum atomic E-state index is 5.78. The maximum Gasteiger partial charge on any atom is 0.148 e. The summed E-state index contributed by atoms with van der Waals surface area (Å²) in [6, 6.07) is 8.27. The lowest BCUT2D eigenvalue weighted by molar-refractivity contribution is 1.14. The van der Waals surface area contributed by atoms with E-state index in [4.69, 9.17) is 11.6 Å². The minimum absolute atomic E-state index is 0.423. The number of rotatable bonds is 2. The molecule has 0 N–H and O–H groups in total. The van der Waals surface area contributed by atoms with E-state index in [1.165, 1.54) is 11.8 Å². The molecule has 0 spiro atoms. The molecule has 0 saturated carbocycles. The molecule has 0 fully saturated rings. The summed E-state index contributed by atoms with van der Waals surface area (Å²) >= 11 is 5.78. The van der Waals surface area contributed by atoms with Crippen molar-refractivity contribution in [1.82, 2.24) is 9.97 Å². The summed E-state index contributed by atoms with van der Waals surface area (Å²) in [4.78, 5) is 8.21. The fourth-order valence-corrected chi connectivity index (χ4v) is 1.54. The van der Waals surface area contributed by atoms with Gasteiger partial charge in [-0.2, -0.15) is 0 Å². The Hall–Kier alpha value is -1.41. The van der Waals surface area contributed by atoms with Gasteiger partial charge < -0.3 is 0 Å². The summed E-state index contributed by atoms with van der Waals surface area (Å²) in [7, 11) is 0. The molecule has 0 bridgehead atoms. The first-order valence-electron chi connectivity index (χ1n) is 4.86. The Morgan fingerprint density at radius 2 is 1.87 bits per heavy atom. The van der Waals surface area contributed by atoms with E-state index in [-0.39, 0.29) is 0 Å². The monoisotopic (exact) mass is 218 g/mol. The van der Waals surface area contributed by atoms with E-state index >= 15 is 0 Å². The molecule has 0 aliphatic carbocycles. The van der Waals surface area contributed by atoms with Crippen molar-refractivity contribution in [3.63, 3.8) is 0 Å². The van der Waals surface area contributed by atoms with Crippen LogP contribution >= 0.6 is 11.6 Å². The molecule has 0 amide bonds. The Bertz CT molecular complexity index is 451. The average Bonchev–Trinajstić information content (AvgIpc) is 2.29. The van der Waals surface area contributed by atoms with Gasteiger partial charge in [0.25, 0.3) is 0 Å². The van der Waals surface area contributed by atoms with Crippen LogP contribution in [0.5, 0.6) is 0 Å². The van der Waals surface area contributed by atoms with Gasteiger partial charge in [0.15, 0.2) is 0 Å². The second-order valence-electron chi connectivity index (χ2n) is 3.28. The van der Waals surface area contributed by atoms with Crippen LogP contribution in [0.2, 0.25) is 5.15 Å². The Morgan fingerprint density at radius 1 is 1.13 bits per heavy atom. The molecule has 0 radical (unpaired) electrons. The minimum atomic E-state index is 0.423. The highest BCUT2D eigenvalue weighted by atomic mass is 35.5. The highest BCUT2D eigenvalue weighted by molar-refractivity contribution is 6.29. The van der Waals surface area contributed by atoms with Gasteiger partial charge in [-0.1, -0.05) is 42.8 Å². The Labute approximate surface area is 94.0 Å². The van der Waals surface area contributed by atoms with Crippen LogP contribution in [-0.4, -0.2) is 9.97 Å². The third-order valence-corrected chi connectivity index (χ3v) is 2.45. The van der Waals surface area contributed by atoms with Gasteiger partial charge in [0.1, 0.15) is 5.15 Å². The number of aryl methyl sites for hydroxylation is 1. The summed E-state index contributed by atoms with van der Waals surface area (Å²) in [6.07, 6.45) is 4.29. The van der Waals surface area contributed by atoms with E-state index in [1.54, 1.807) is 6.20 Å². The van der Waals surface area contributed by atoms with Crippen molar-refractivity contribution in [2.45, 2.75) is 13.3 Å². The molecule has 2 nitrogen and oxygen atoms in total. The molecule has 1 aromatic carbocycles. The van der Waals surface area contributed by atoms with Crippen LogP contribution < -0.4 is 0 Å². The molecular formula is C12H11ClN2. The van der Waals surface area contributed by atoms with Gasteiger partial charge in [-0.3, -0.25) is 4.98 Å². The largest absolute Gasteiger partial charge is 0.259 e. The molecule has 0 aliphatic heterocycles. The number of hydrogen-bond donors (Lipinski definition) is 0. The van der Waals surface area contributed by atoms with Gasteiger partial charge in [-0.05, 0) is 12.0 Å². The second-order valence-corrected chi connectivity index (χ2v) is 3.66. The maximum absolute atomic E-state index is 5.78. The van der Waals surface area contributed by atoms with Gasteiger partial charge in [0.2, 0.25) is 0 Å². The van der Waals surface area contributed by atoms with E-state index in [0.29, 0.717) is 5.15 Å². The van der Waals surface area contributed by atoms with Crippen molar-refractivity contribution in [2.24, 2.45) is 0 Å². The predicted molar refractivity (Wildman–Crippen MR) is 61.9 cm³/mol. The lowest BCUT2D eigenvalue weighted by Gasteiger charge is -2.01. The molecule has 76 valence electrons. The van der Waals surface area contributed by atoms with Gasteiger partial charge in [0, 0.05) is 5.56 Å². The summed E-state index contributed by atoms with van der Waals surface area (Å²) in [6.45, 7) is 2.13. The third kappa shape index (κ3) is 2.34. The van der Waals surface area contributed by atoms with Crippen LogP contribution in [0.25, 0.3) is 11.3 Å². The van der Waals surface area contributed by atoms with Crippen LogP contribution in [0.1, 0.15) is 12.5 Å². The number of nitrogens with zero attached hydrogens (tertiary/aromatic N) is 2. The van der Waals surface area contributed by atoms with Crippen molar-refractivity contribution >= 4 is 11.6 Å². The van der Waals surface area contributed by atoms with Crippen molar-refractivity contribution in [1.29, 1.82) is 0 Å². The first-order valence-corrected chi connectivity index (χ1v) is 5.24. The van der Waals surface area contributed by atoms with Gasteiger partial charge in [-0.15, -0.1) is 0 Å². The number of aromatic nitrogens is 2.